The van der Waals surface area contributed by atoms with Crippen LogP contribution in [-0.4, -0.2) is 40.3 Å². The standard InChI is InChI=1S/C22H25N3O2/c1-4-27-17(2)22(26)24(3)15-19-16-25(20-13-9-6-10-14-20)23-21(19)18-11-7-5-8-12-18/h5-14,16-17H,4,15H2,1-3H3/t17-/m0/s1. The molecule has 0 radical (unpaired) electrons. The van der Waals surface area contributed by atoms with Crippen molar-refractivity contribution in [1.82, 2.24) is 14.7 Å². The van der Waals surface area contributed by atoms with E-state index in [-0.39, 0.29) is 5.91 Å². The SMILES string of the molecule is CCO[C@@H](C)C(=O)N(C)Cc1cn(-c2ccccc2)nc1-c1ccccc1. The molecule has 3 aromatic rings. The summed E-state index contributed by atoms with van der Waals surface area (Å²) >= 11 is 0. The average Bonchev–Trinajstić information content (AvgIpc) is 3.12. The lowest BCUT2D eigenvalue weighted by Crippen LogP contribution is -2.35. The van der Waals surface area contributed by atoms with Crippen LogP contribution in [0.1, 0.15) is 19.4 Å². The summed E-state index contributed by atoms with van der Waals surface area (Å²) in [6.07, 6.45) is 1.54. The fourth-order valence-electron chi connectivity index (χ4n) is 3.04. The largest absolute Gasteiger partial charge is 0.369 e. The monoisotopic (exact) mass is 363 g/mol. The number of rotatable bonds is 7. The molecule has 0 bridgehead atoms. The zero-order valence-electron chi connectivity index (χ0n) is 16.0. The Kier molecular flexibility index (Phi) is 6.04. The molecule has 140 valence electrons. The van der Waals surface area contributed by atoms with Gasteiger partial charge >= 0.3 is 0 Å². The molecule has 0 unspecified atom stereocenters. The molecule has 0 aliphatic carbocycles. The van der Waals surface area contributed by atoms with E-state index in [9.17, 15) is 4.79 Å². The van der Waals surface area contributed by atoms with E-state index in [1.165, 1.54) is 0 Å². The van der Waals surface area contributed by atoms with Crippen molar-refractivity contribution in [2.45, 2.75) is 26.5 Å². The number of ether oxygens (including phenoxy) is 1. The van der Waals surface area contributed by atoms with Crippen LogP contribution in [0.15, 0.2) is 66.9 Å². The lowest BCUT2D eigenvalue weighted by atomic mass is 10.1. The minimum absolute atomic E-state index is 0.0386. The number of likely N-dealkylation sites (N-methyl/N-ethyl adjacent to an activating group) is 1. The van der Waals surface area contributed by atoms with Crippen LogP contribution in [-0.2, 0) is 16.1 Å². The smallest absolute Gasteiger partial charge is 0.251 e. The maximum Gasteiger partial charge on any atom is 0.251 e. The fraction of sp³-hybridized carbons (Fsp3) is 0.273. The van der Waals surface area contributed by atoms with Gasteiger partial charge in [-0.2, -0.15) is 5.10 Å². The first kappa shape index (κ1) is 18.9. The average molecular weight is 363 g/mol. The van der Waals surface area contributed by atoms with Gasteiger partial charge in [-0.05, 0) is 26.0 Å². The summed E-state index contributed by atoms with van der Waals surface area (Å²) < 4.78 is 7.30. The van der Waals surface area contributed by atoms with Gasteiger partial charge in [0.05, 0.1) is 11.4 Å². The van der Waals surface area contributed by atoms with E-state index in [0.29, 0.717) is 13.2 Å². The van der Waals surface area contributed by atoms with Gasteiger partial charge in [0.2, 0.25) is 0 Å². The van der Waals surface area contributed by atoms with Gasteiger partial charge in [0, 0.05) is 37.5 Å². The molecule has 0 aliphatic heterocycles. The molecule has 0 fully saturated rings. The minimum atomic E-state index is -0.454. The molecule has 0 saturated carbocycles. The summed E-state index contributed by atoms with van der Waals surface area (Å²) in [4.78, 5) is 14.2. The van der Waals surface area contributed by atoms with Gasteiger partial charge in [0.15, 0.2) is 0 Å². The number of carbonyl (C=O) groups is 1. The molecule has 3 rings (SSSR count). The topological polar surface area (TPSA) is 47.4 Å². The van der Waals surface area contributed by atoms with Gasteiger partial charge in [0.25, 0.3) is 5.91 Å². The highest BCUT2D eigenvalue weighted by Gasteiger charge is 2.20. The van der Waals surface area contributed by atoms with Gasteiger partial charge in [-0.3, -0.25) is 4.79 Å². The molecule has 1 heterocycles. The van der Waals surface area contributed by atoms with E-state index < -0.39 is 6.10 Å². The predicted molar refractivity (Wildman–Crippen MR) is 107 cm³/mol. The van der Waals surface area contributed by atoms with E-state index in [2.05, 4.69) is 0 Å². The number of carbonyl (C=O) groups excluding carboxylic acids is 1. The summed E-state index contributed by atoms with van der Waals surface area (Å²) in [6.45, 7) is 4.66. The Bertz CT molecular complexity index is 875. The van der Waals surface area contributed by atoms with Crippen molar-refractivity contribution < 1.29 is 9.53 Å². The number of para-hydroxylation sites is 1. The maximum atomic E-state index is 12.5. The van der Waals surface area contributed by atoms with Crippen molar-refractivity contribution in [3.63, 3.8) is 0 Å². The Morgan fingerprint density at radius 1 is 1.11 bits per heavy atom. The van der Waals surface area contributed by atoms with E-state index >= 15 is 0 Å². The van der Waals surface area contributed by atoms with E-state index in [0.717, 1.165) is 22.5 Å². The van der Waals surface area contributed by atoms with E-state index in [1.54, 1.807) is 18.9 Å². The Morgan fingerprint density at radius 3 is 2.37 bits per heavy atom. The first-order valence-corrected chi connectivity index (χ1v) is 9.16. The first-order valence-electron chi connectivity index (χ1n) is 9.16. The second-order valence-electron chi connectivity index (χ2n) is 6.44. The summed E-state index contributed by atoms with van der Waals surface area (Å²) in [5, 5.41) is 4.79. The van der Waals surface area contributed by atoms with Crippen molar-refractivity contribution in [2.24, 2.45) is 0 Å². The molecule has 1 aromatic heterocycles. The van der Waals surface area contributed by atoms with Crippen LogP contribution in [0.25, 0.3) is 16.9 Å². The minimum Gasteiger partial charge on any atom is -0.369 e. The van der Waals surface area contributed by atoms with Gasteiger partial charge in [-0.1, -0.05) is 48.5 Å². The number of hydrogen-bond acceptors (Lipinski definition) is 3. The second-order valence-corrected chi connectivity index (χ2v) is 6.44. The highest BCUT2D eigenvalue weighted by molar-refractivity contribution is 5.80. The lowest BCUT2D eigenvalue weighted by molar-refractivity contribution is -0.141. The lowest BCUT2D eigenvalue weighted by Gasteiger charge is -2.21. The van der Waals surface area contributed by atoms with Gasteiger partial charge in [-0.15, -0.1) is 0 Å². The normalized spacial score (nSPS) is 12.0. The summed E-state index contributed by atoms with van der Waals surface area (Å²) in [5.74, 6) is -0.0386. The zero-order chi connectivity index (χ0) is 19.2. The molecule has 1 atom stereocenters. The number of aromatic nitrogens is 2. The van der Waals surface area contributed by atoms with Crippen LogP contribution in [0.2, 0.25) is 0 Å². The Labute approximate surface area is 160 Å². The van der Waals surface area contributed by atoms with Crippen LogP contribution >= 0.6 is 0 Å². The Morgan fingerprint density at radius 2 is 1.74 bits per heavy atom. The zero-order valence-corrected chi connectivity index (χ0v) is 16.0. The van der Waals surface area contributed by atoms with Gasteiger partial charge < -0.3 is 9.64 Å². The highest BCUT2D eigenvalue weighted by Crippen LogP contribution is 2.24. The van der Waals surface area contributed by atoms with Crippen LogP contribution in [0.5, 0.6) is 0 Å². The van der Waals surface area contributed by atoms with Crippen molar-refractivity contribution in [1.29, 1.82) is 0 Å². The third-order valence-electron chi connectivity index (χ3n) is 4.41. The number of nitrogens with zero attached hydrogens (tertiary/aromatic N) is 3. The second kappa shape index (κ2) is 8.64. The molecule has 0 aliphatic rings. The van der Waals surface area contributed by atoms with Crippen LogP contribution in [0.4, 0.5) is 0 Å². The molecule has 0 N–H and O–H groups in total. The Hall–Kier alpha value is -2.92. The quantitative estimate of drug-likeness (QED) is 0.639. The molecule has 0 saturated heterocycles. The van der Waals surface area contributed by atoms with Crippen LogP contribution in [0.3, 0.4) is 0 Å². The van der Waals surface area contributed by atoms with Crippen molar-refractivity contribution in [3.05, 3.63) is 72.4 Å². The molecule has 27 heavy (non-hydrogen) atoms. The molecular formula is C22H25N3O2. The van der Waals surface area contributed by atoms with E-state index in [1.807, 2.05) is 78.5 Å². The Balaban J connectivity index is 1.93. The third-order valence-corrected chi connectivity index (χ3v) is 4.41. The van der Waals surface area contributed by atoms with Gasteiger partial charge in [0.1, 0.15) is 6.10 Å². The molecule has 1 amide bonds. The van der Waals surface area contributed by atoms with Gasteiger partial charge in [-0.25, -0.2) is 4.68 Å². The first-order chi connectivity index (χ1) is 13.1. The molecule has 5 nitrogen and oxygen atoms in total. The van der Waals surface area contributed by atoms with Crippen molar-refractivity contribution >= 4 is 5.91 Å². The third kappa shape index (κ3) is 4.44. The number of hydrogen-bond donors (Lipinski definition) is 0. The molecule has 5 heteroatoms. The molecule has 2 aromatic carbocycles. The summed E-state index contributed by atoms with van der Waals surface area (Å²) in [5.41, 5.74) is 3.88. The summed E-state index contributed by atoms with van der Waals surface area (Å²) in [6, 6.07) is 20.0. The van der Waals surface area contributed by atoms with Crippen molar-refractivity contribution in [2.75, 3.05) is 13.7 Å². The van der Waals surface area contributed by atoms with Crippen molar-refractivity contribution in [3.8, 4) is 16.9 Å². The predicted octanol–water partition coefficient (Wildman–Crippen LogP) is 3.92. The van der Waals surface area contributed by atoms with Crippen LogP contribution in [0, 0.1) is 0 Å². The fourth-order valence-corrected chi connectivity index (χ4v) is 3.04. The maximum absolute atomic E-state index is 12.5. The highest BCUT2D eigenvalue weighted by atomic mass is 16.5. The van der Waals surface area contributed by atoms with E-state index in [4.69, 9.17) is 9.84 Å². The molecule has 0 spiro atoms. The van der Waals surface area contributed by atoms with Crippen LogP contribution < -0.4 is 0 Å². The number of benzene rings is 2. The number of amides is 1. The summed E-state index contributed by atoms with van der Waals surface area (Å²) in [7, 11) is 1.80. The molecular weight excluding hydrogens is 338 g/mol.